The van der Waals surface area contributed by atoms with E-state index in [9.17, 15) is 37.8 Å². The van der Waals surface area contributed by atoms with Crippen LogP contribution in [0.25, 0.3) is 0 Å². The van der Waals surface area contributed by atoms with Gasteiger partial charge in [0.15, 0.2) is 0 Å². The van der Waals surface area contributed by atoms with Crippen LogP contribution >= 0.6 is 21.6 Å². The zero-order chi connectivity index (χ0) is 29.8. The molecule has 0 radical (unpaired) electrons. The number of benzene rings is 1. The molecule has 1 aliphatic carbocycles. The number of carboxylic acids is 1. The molecule has 0 aromatic heterocycles. The van der Waals surface area contributed by atoms with Gasteiger partial charge in [0.2, 0.25) is 27.7 Å². The lowest BCUT2D eigenvalue weighted by Crippen LogP contribution is -2.55. The fourth-order valence-electron chi connectivity index (χ4n) is 5.87. The predicted octanol–water partition coefficient (Wildman–Crippen LogP) is 1.03. The van der Waals surface area contributed by atoms with Gasteiger partial charge >= 0.3 is 5.97 Å². The zero-order valence-electron chi connectivity index (χ0n) is 22.7. The topological polar surface area (TPSA) is 182 Å². The van der Waals surface area contributed by atoms with Crippen LogP contribution in [-0.4, -0.2) is 95.6 Å². The van der Waals surface area contributed by atoms with Crippen LogP contribution in [0.1, 0.15) is 50.0 Å². The molecule has 3 aliphatic rings. The molecule has 1 aromatic carbocycles. The maximum atomic E-state index is 13.7. The van der Waals surface area contributed by atoms with Crippen molar-refractivity contribution in [3.05, 3.63) is 29.8 Å². The van der Waals surface area contributed by atoms with E-state index >= 15 is 0 Å². The Balaban J connectivity index is 1.54. The number of carbonyl (C=O) groups excluding carboxylic acids is 3. The largest absolute Gasteiger partial charge is 0.508 e. The van der Waals surface area contributed by atoms with Gasteiger partial charge in [-0.1, -0.05) is 46.6 Å². The Hall–Kier alpha value is -2.49. The van der Waals surface area contributed by atoms with Crippen molar-refractivity contribution < 1.29 is 37.8 Å². The lowest BCUT2D eigenvalue weighted by molar-refractivity contribution is -0.143. The Morgan fingerprint density at radius 3 is 2.37 bits per heavy atom. The van der Waals surface area contributed by atoms with Crippen molar-refractivity contribution in [3.63, 3.8) is 0 Å². The SMILES string of the molecule is CS(=O)(=O)N1CCC(c2ccc(O)cc2)C1C(=O)N[C@H]1CSSC[C@@H](C(=O)O)NC(=O)C2(CCCC2)CCNC1=O. The average Bonchev–Trinajstić information content (AvgIpc) is 3.58. The summed E-state index contributed by atoms with van der Waals surface area (Å²) in [5, 5.41) is 27.6. The number of aliphatic carboxylic acids is 1. The molecule has 2 saturated heterocycles. The smallest absolute Gasteiger partial charge is 0.327 e. The lowest BCUT2D eigenvalue weighted by atomic mass is 9.81. The molecular formula is C26H36N4O8S3. The van der Waals surface area contributed by atoms with Gasteiger partial charge in [0, 0.05) is 30.5 Å². The molecule has 3 amide bonds. The molecule has 4 atom stereocenters. The van der Waals surface area contributed by atoms with Crippen molar-refractivity contribution >= 4 is 55.3 Å². The van der Waals surface area contributed by atoms with Crippen molar-refractivity contribution in [2.24, 2.45) is 5.41 Å². The van der Waals surface area contributed by atoms with E-state index in [1.165, 1.54) is 33.7 Å². The summed E-state index contributed by atoms with van der Waals surface area (Å²) in [4.78, 5) is 52.0. The first kappa shape index (κ1) is 31.4. The molecule has 2 heterocycles. The first-order chi connectivity index (χ1) is 19.4. The number of carbonyl (C=O) groups is 4. The summed E-state index contributed by atoms with van der Waals surface area (Å²) in [7, 11) is -1.39. The minimum atomic E-state index is -3.75. The van der Waals surface area contributed by atoms with Crippen LogP contribution in [0.2, 0.25) is 0 Å². The van der Waals surface area contributed by atoms with Gasteiger partial charge in [0.25, 0.3) is 0 Å². The Bertz CT molecular complexity index is 1250. The molecule has 41 heavy (non-hydrogen) atoms. The number of aromatic hydroxyl groups is 1. The van der Waals surface area contributed by atoms with Crippen molar-refractivity contribution in [3.8, 4) is 5.75 Å². The van der Waals surface area contributed by atoms with Gasteiger partial charge < -0.3 is 26.2 Å². The molecule has 5 N–H and O–H groups in total. The third kappa shape index (κ3) is 7.48. The first-order valence-corrected chi connectivity index (χ1v) is 17.9. The molecule has 1 spiro atoms. The normalized spacial score (nSPS) is 28.1. The van der Waals surface area contributed by atoms with Crippen LogP contribution in [0.4, 0.5) is 0 Å². The van der Waals surface area contributed by atoms with Gasteiger partial charge in [-0.05, 0) is 43.4 Å². The third-order valence-electron chi connectivity index (χ3n) is 8.10. The molecule has 4 rings (SSSR count). The van der Waals surface area contributed by atoms with E-state index in [2.05, 4.69) is 16.0 Å². The standard InChI is InChI=1S/C26H36N4O8S3/c1-41(37,38)30-13-8-18(16-4-6-17(31)7-5-16)21(30)23(33)28-19-14-39-40-15-20(24(34)35)29-25(36)26(9-2-3-10-26)11-12-27-22(19)32/h4-7,18-21,31H,2-3,8-15H2,1H3,(H,27,32)(H,28,33)(H,29,36)(H,34,35)/t18?,19-,20-,21?/m0/s1. The number of sulfonamides is 1. The highest BCUT2D eigenvalue weighted by Gasteiger charge is 2.46. The Morgan fingerprint density at radius 1 is 1.07 bits per heavy atom. The van der Waals surface area contributed by atoms with Crippen LogP contribution in [0.15, 0.2) is 24.3 Å². The van der Waals surface area contributed by atoms with Gasteiger partial charge in [-0.2, -0.15) is 4.31 Å². The van der Waals surface area contributed by atoms with Crippen LogP contribution in [0.3, 0.4) is 0 Å². The summed E-state index contributed by atoms with van der Waals surface area (Å²) in [6, 6.07) is 3.05. The van der Waals surface area contributed by atoms with E-state index in [4.69, 9.17) is 0 Å². The molecule has 1 aromatic rings. The van der Waals surface area contributed by atoms with Crippen LogP contribution < -0.4 is 16.0 Å². The molecule has 1 saturated carbocycles. The summed E-state index contributed by atoms with van der Waals surface area (Å²) >= 11 is 0. The highest BCUT2D eigenvalue weighted by atomic mass is 33.1. The van der Waals surface area contributed by atoms with Gasteiger partial charge in [-0.15, -0.1) is 0 Å². The van der Waals surface area contributed by atoms with Crippen molar-refractivity contribution in [2.75, 3.05) is 30.9 Å². The third-order valence-corrected chi connectivity index (χ3v) is 11.8. The average molecular weight is 629 g/mol. The molecule has 2 aliphatic heterocycles. The molecule has 3 fully saturated rings. The fourth-order valence-corrected chi connectivity index (χ4v) is 9.28. The minimum Gasteiger partial charge on any atom is -0.508 e. The molecule has 15 heteroatoms. The number of hydrogen-bond acceptors (Lipinski definition) is 9. The first-order valence-electron chi connectivity index (χ1n) is 13.5. The number of rotatable bonds is 5. The van der Waals surface area contributed by atoms with Gasteiger partial charge in [-0.3, -0.25) is 14.4 Å². The van der Waals surface area contributed by atoms with Crippen LogP contribution in [-0.2, 0) is 29.2 Å². The summed E-state index contributed by atoms with van der Waals surface area (Å²) in [5.74, 6) is -2.80. The summed E-state index contributed by atoms with van der Waals surface area (Å²) in [6.45, 7) is 0.298. The second kappa shape index (κ2) is 13.2. The Morgan fingerprint density at radius 2 is 1.73 bits per heavy atom. The second-order valence-electron chi connectivity index (χ2n) is 10.8. The highest BCUT2D eigenvalue weighted by molar-refractivity contribution is 8.76. The highest BCUT2D eigenvalue weighted by Crippen LogP contribution is 2.41. The van der Waals surface area contributed by atoms with Crippen molar-refractivity contribution in [1.29, 1.82) is 0 Å². The molecule has 226 valence electrons. The van der Waals surface area contributed by atoms with Crippen molar-refractivity contribution in [2.45, 2.75) is 62.6 Å². The van der Waals surface area contributed by atoms with Crippen LogP contribution in [0, 0.1) is 5.41 Å². The quantitative estimate of drug-likeness (QED) is 0.295. The predicted molar refractivity (Wildman–Crippen MR) is 156 cm³/mol. The Kier molecular flexibility index (Phi) is 10.1. The maximum absolute atomic E-state index is 13.7. The number of amides is 3. The number of nitrogens with one attached hydrogen (secondary N) is 3. The number of hydrogen-bond donors (Lipinski definition) is 5. The number of nitrogens with zero attached hydrogens (tertiary/aromatic N) is 1. The molecular weight excluding hydrogens is 593 g/mol. The van der Waals surface area contributed by atoms with Gasteiger partial charge in [-0.25, -0.2) is 13.2 Å². The number of phenols is 1. The zero-order valence-corrected chi connectivity index (χ0v) is 25.2. The summed E-state index contributed by atoms with van der Waals surface area (Å²) in [5.41, 5.74) is -0.0693. The number of carboxylic acid groups (broad SMARTS) is 1. The van der Waals surface area contributed by atoms with E-state index in [0.29, 0.717) is 31.2 Å². The fraction of sp³-hybridized carbons (Fsp3) is 0.615. The second-order valence-corrected chi connectivity index (χ2v) is 15.3. The van der Waals surface area contributed by atoms with Gasteiger partial charge in [0.05, 0.1) is 11.7 Å². The lowest BCUT2D eigenvalue weighted by Gasteiger charge is -2.29. The Labute approximate surface area is 247 Å². The molecule has 0 bridgehead atoms. The van der Waals surface area contributed by atoms with E-state index in [-0.39, 0.29) is 36.3 Å². The van der Waals surface area contributed by atoms with Crippen molar-refractivity contribution in [1.82, 2.24) is 20.3 Å². The van der Waals surface area contributed by atoms with E-state index in [0.717, 1.165) is 23.4 Å². The van der Waals surface area contributed by atoms with E-state index in [1.54, 1.807) is 12.1 Å². The molecule has 12 nitrogen and oxygen atoms in total. The summed E-state index contributed by atoms with van der Waals surface area (Å²) < 4.78 is 26.3. The van der Waals surface area contributed by atoms with E-state index in [1.807, 2.05) is 0 Å². The van der Waals surface area contributed by atoms with Crippen LogP contribution in [0.5, 0.6) is 5.75 Å². The van der Waals surface area contributed by atoms with Gasteiger partial charge in [0.1, 0.15) is 23.9 Å². The number of phenolic OH excluding ortho intramolecular Hbond substituents is 1. The minimum absolute atomic E-state index is 0.0457. The monoisotopic (exact) mass is 628 g/mol. The van der Waals surface area contributed by atoms with E-state index < -0.39 is 57.3 Å². The maximum Gasteiger partial charge on any atom is 0.327 e. The summed E-state index contributed by atoms with van der Waals surface area (Å²) in [6.07, 6.45) is 4.64. The molecule has 2 unspecified atom stereocenters.